The molecular weight excluding hydrogens is 362 g/mol. The monoisotopic (exact) mass is 383 g/mol. The summed E-state index contributed by atoms with van der Waals surface area (Å²) in [6.45, 7) is 4.19. The second-order valence-corrected chi connectivity index (χ2v) is 6.74. The first-order chi connectivity index (χ1) is 14.1. The fourth-order valence-corrected chi connectivity index (χ4v) is 3.15. The van der Waals surface area contributed by atoms with E-state index in [0.29, 0.717) is 12.2 Å². The van der Waals surface area contributed by atoms with Gasteiger partial charge in [0.2, 0.25) is 0 Å². The largest absolute Gasteiger partial charge is 0.462 e. The van der Waals surface area contributed by atoms with Crippen molar-refractivity contribution in [3.8, 4) is 11.3 Å². The molecule has 0 radical (unpaired) electrons. The summed E-state index contributed by atoms with van der Waals surface area (Å²) in [4.78, 5) is 16.7. The van der Waals surface area contributed by atoms with E-state index in [9.17, 15) is 4.79 Å². The predicted octanol–water partition coefficient (Wildman–Crippen LogP) is 5.82. The molecule has 0 N–H and O–H groups in total. The second-order valence-electron chi connectivity index (χ2n) is 6.74. The molecule has 4 heteroatoms. The lowest BCUT2D eigenvalue weighted by molar-refractivity contribution is 0.0526. The molecule has 3 aromatic carbocycles. The van der Waals surface area contributed by atoms with Crippen LogP contribution < -0.4 is 5.36 Å². The number of hydrogen-bond donors (Lipinski definition) is 0. The van der Waals surface area contributed by atoms with E-state index in [2.05, 4.69) is 6.07 Å². The molecule has 4 rings (SSSR count). The third-order valence-corrected chi connectivity index (χ3v) is 4.59. The van der Waals surface area contributed by atoms with Gasteiger partial charge >= 0.3 is 5.97 Å². The molecule has 4 nitrogen and oxygen atoms in total. The van der Waals surface area contributed by atoms with Crippen molar-refractivity contribution in [1.82, 2.24) is 0 Å². The first-order valence-electron chi connectivity index (χ1n) is 9.56. The number of esters is 1. The Labute approximate surface area is 169 Å². The van der Waals surface area contributed by atoms with Gasteiger partial charge in [0.15, 0.2) is 0 Å². The van der Waals surface area contributed by atoms with Crippen molar-refractivity contribution in [1.29, 1.82) is 0 Å². The molecule has 0 spiro atoms. The van der Waals surface area contributed by atoms with Gasteiger partial charge in [-0.2, -0.15) is 0 Å². The zero-order valence-corrected chi connectivity index (χ0v) is 16.4. The minimum absolute atomic E-state index is 0.329. The van der Waals surface area contributed by atoms with Crippen molar-refractivity contribution in [2.24, 2.45) is 4.99 Å². The summed E-state index contributed by atoms with van der Waals surface area (Å²) in [6.07, 6.45) is 0. The van der Waals surface area contributed by atoms with E-state index in [4.69, 9.17) is 14.1 Å². The van der Waals surface area contributed by atoms with Gasteiger partial charge < -0.3 is 9.15 Å². The summed E-state index contributed by atoms with van der Waals surface area (Å²) in [6, 6.07) is 25.1. The molecule has 0 aliphatic heterocycles. The smallest absolute Gasteiger partial charge is 0.338 e. The molecule has 0 unspecified atom stereocenters. The predicted molar refractivity (Wildman–Crippen MR) is 114 cm³/mol. The van der Waals surface area contributed by atoms with Gasteiger partial charge in [-0.1, -0.05) is 42.0 Å². The van der Waals surface area contributed by atoms with Crippen molar-refractivity contribution < 1.29 is 13.9 Å². The second kappa shape index (κ2) is 8.15. The molecule has 0 aliphatic carbocycles. The van der Waals surface area contributed by atoms with Crippen LogP contribution in [0.25, 0.3) is 22.3 Å². The van der Waals surface area contributed by atoms with Crippen LogP contribution in [0.2, 0.25) is 0 Å². The third-order valence-electron chi connectivity index (χ3n) is 4.59. The normalized spacial score (nSPS) is 11.6. The van der Waals surface area contributed by atoms with E-state index in [-0.39, 0.29) is 5.97 Å². The molecule has 1 heterocycles. The maximum atomic E-state index is 11.9. The molecule has 4 aromatic rings. The Morgan fingerprint density at radius 2 is 1.72 bits per heavy atom. The number of carbonyl (C=O) groups is 1. The SMILES string of the molecule is CCOC(=O)c1ccc(N=c2cc(-c3ccccc3)oc3ccc(C)cc23)cc1. The number of aryl methyl sites for hydroxylation is 1. The molecule has 144 valence electrons. The first kappa shape index (κ1) is 18.7. The van der Waals surface area contributed by atoms with E-state index in [1.165, 1.54) is 0 Å². The van der Waals surface area contributed by atoms with Crippen LogP contribution in [0.15, 0.2) is 88.3 Å². The summed E-state index contributed by atoms with van der Waals surface area (Å²) < 4.78 is 11.2. The molecule has 0 bridgehead atoms. The number of benzene rings is 3. The first-order valence-corrected chi connectivity index (χ1v) is 9.56. The zero-order valence-electron chi connectivity index (χ0n) is 16.4. The Morgan fingerprint density at radius 1 is 0.966 bits per heavy atom. The molecule has 0 aliphatic rings. The van der Waals surface area contributed by atoms with Gasteiger partial charge in [0, 0.05) is 17.0 Å². The van der Waals surface area contributed by atoms with Gasteiger partial charge in [-0.15, -0.1) is 0 Å². The van der Waals surface area contributed by atoms with Crippen LogP contribution in [-0.4, -0.2) is 12.6 Å². The van der Waals surface area contributed by atoms with Crippen LogP contribution in [0.5, 0.6) is 0 Å². The molecule has 29 heavy (non-hydrogen) atoms. The van der Waals surface area contributed by atoms with Crippen molar-refractivity contribution >= 4 is 22.6 Å². The highest BCUT2D eigenvalue weighted by Gasteiger charge is 2.08. The number of ether oxygens (including phenoxy) is 1. The van der Waals surface area contributed by atoms with Gasteiger partial charge in [-0.05, 0) is 50.2 Å². The number of nitrogens with zero attached hydrogens (tertiary/aromatic N) is 1. The highest BCUT2D eigenvalue weighted by atomic mass is 16.5. The molecule has 0 saturated heterocycles. The summed E-state index contributed by atoms with van der Waals surface area (Å²) in [7, 11) is 0. The van der Waals surface area contributed by atoms with Crippen molar-refractivity contribution in [3.05, 3.63) is 95.3 Å². The van der Waals surface area contributed by atoms with Crippen LogP contribution in [-0.2, 0) is 4.74 Å². The minimum Gasteiger partial charge on any atom is -0.462 e. The molecule has 0 amide bonds. The van der Waals surface area contributed by atoms with Gasteiger partial charge in [0.1, 0.15) is 11.3 Å². The third kappa shape index (κ3) is 4.11. The maximum absolute atomic E-state index is 11.9. The highest BCUT2D eigenvalue weighted by Crippen LogP contribution is 2.23. The minimum atomic E-state index is -0.329. The Balaban J connectivity index is 1.85. The van der Waals surface area contributed by atoms with Gasteiger partial charge in [-0.3, -0.25) is 0 Å². The Kier molecular flexibility index (Phi) is 5.25. The zero-order chi connectivity index (χ0) is 20.2. The highest BCUT2D eigenvalue weighted by molar-refractivity contribution is 5.89. The summed E-state index contributed by atoms with van der Waals surface area (Å²) in [5.41, 5.74) is 4.17. The summed E-state index contributed by atoms with van der Waals surface area (Å²) in [5, 5.41) is 1.76. The standard InChI is InChI=1S/C25H21NO3/c1-3-28-25(27)19-10-12-20(13-11-19)26-22-16-24(18-7-5-4-6-8-18)29-23-14-9-17(2)15-21(22)23/h4-16H,3H2,1-2H3. The molecule has 0 atom stereocenters. The Morgan fingerprint density at radius 3 is 2.45 bits per heavy atom. The maximum Gasteiger partial charge on any atom is 0.338 e. The lowest BCUT2D eigenvalue weighted by atomic mass is 10.1. The molecule has 0 fully saturated rings. The van der Waals surface area contributed by atoms with E-state index in [1.807, 2.05) is 67.6 Å². The quantitative estimate of drug-likeness (QED) is 0.417. The van der Waals surface area contributed by atoms with E-state index in [0.717, 1.165) is 38.9 Å². The van der Waals surface area contributed by atoms with Crippen LogP contribution in [0, 0.1) is 6.92 Å². The van der Waals surface area contributed by atoms with E-state index < -0.39 is 0 Å². The summed E-state index contributed by atoms with van der Waals surface area (Å²) >= 11 is 0. The molecular formula is C25H21NO3. The Hall–Kier alpha value is -3.66. The van der Waals surface area contributed by atoms with Crippen molar-refractivity contribution in [2.75, 3.05) is 6.61 Å². The average molecular weight is 383 g/mol. The fraction of sp³-hybridized carbons (Fsp3) is 0.120. The average Bonchev–Trinajstić information content (AvgIpc) is 2.75. The van der Waals surface area contributed by atoms with E-state index in [1.54, 1.807) is 19.1 Å². The van der Waals surface area contributed by atoms with Crippen LogP contribution in [0.3, 0.4) is 0 Å². The van der Waals surface area contributed by atoms with Crippen LogP contribution >= 0.6 is 0 Å². The lowest BCUT2D eigenvalue weighted by Crippen LogP contribution is -2.05. The van der Waals surface area contributed by atoms with Crippen molar-refractivity contribution in [2.45, 2.75) is 13.8 Å². The van der Waals surface area contributed by atoms with Gasteiger partial charge in [-0.25, -0.2) is 9.79 Å². The topological polar surface area (TPSA) is 51.8 Å². The van der Waals surface area contributed by atoms with Crippen LogP contribution in [0.1, 0.15) is 22.8 Å². The number of hydrogen-bond acceptors (Lipinski definition) is 4. The van der Waals surface area contributed by atoms with E-state index >= 15 is 0 Å². The molecule has 1 aromatic heterocycles. The Bertz CT molecular complexity index is 1220. The number of carbonyl (C=O) groups excluding carboxylic acids is 1. The number of rotatable bonds is 4. The van der Waals surface area contributed by atoms with Crippen molar-refractivity contribution in [3.63, 3.8) is 0 Å². The van der Waals surface area contributed by atoms with Gasteiger partial charge in [0.05, 0.1) is 23.2 Å². The number of fused-ring (bicyclic) bond motifs is 1. The van der Waals surface area contributed by atoms with Gasteiger partial charge in [0.25, 0.3) is 0 Å². The molecule has 0 saturated carbocycles. The summed E-state index contributed by atoms with van der Waals surface area (Å²) in [5.74, 6) is 0.425. The van der Waals surface area contributed by atoms with Crippen LogP contribution in [0.4, 0.5) is 5.69 Å². The lowest BCUT2D eigenvalue weighted by Gasteiger charge is -2.06. The fourth-order valence-electron chi connectivity index (χ4n) is 3.15.